The van der Waals surface area contributed by atoms with Gasteiger partial charge in [0.1, 0.15) is 5.75 Å². The van der Waals surface area contributed by atoms with Gasteiger partial charge in [0.2, 0.25) is 0 Å². The molecule has 3 aromatic rings. The van der Waals surface area contributed by atoms with Gasteiger partial charge in [0.25, 0.3) is 5.91 Å². The number of hydrazone groups is 1. The molecule has 0 bridgehead atoms. The molecule has 4 rings (SSSR count). The van der Waals surface area contributed by atoms with Crippen molar-refractivity contribution in [2.24, 2.45) is 5.10 Å². The van der Waals surface area contributed by atoms with Crippen molar-refractivity contribution in [3.8, 4) is 11.4 Å². The van der Waals surface area contributed by atoms with E-state index in [1.807, 2.05) is 74.5 Å². The van der Waals surface area contributed by atoms with Crippen LogP contribution in [0.1, 0.15) is 30.8 Å². The van der Waals surface area contributed by atoms with Gasteiger partial charge in [-0.25, -0.2) is 0 Å². The topological polar surface area (TPSA) is 46.8 Å². The van der Waals surface area contributed by atoms with Crippen molar-refractivity contribution < 1.29 is 9.53 Å². The summed E-state index contributed by atoms with van der Waals surface area (Å²) in [5, 5.41) is 5.94. The number of carbonyl (C=O) groups excluding carboxylic acids is 1. The van der Waals surface area contributed by atoms with Crippen LogP contribution >= 0.6 is 0 Å². The third kappa shape index (κ3) is 3.54. The number of nitrogens with zero attached hydrogens (tertiary/aromatic N) is 3. The molecular formula is C25H25N3O2. The van der Waals surface area contributed by atoms with Crippen molar-refractivity contribution in [1.82, 2.24) is 4.57 Å². The molecule has 2 heterocycles. The van der Waals surface area contributed by atoms with Gasteiger partial charge in [-0.3, -0.25) is 4.79 Å². The molecule has 0 unspecified atom stereocenters. The van der Waals surface area contributed by atoms with Crippen LogP contribution < -0.4 is 9.75 Å². The minimum absolute atomic E-state index is 0.107. The van der Waals surface area contributed by atoms with Crippen LogP contribution in [0.4, 0.5) is 5.69 Å². The van der Waals surface area contributed by atoms with Gasteiger partial charge in [0.15, 0.2) is 0 Å². The van der Waals surface area contributed by atoms with E-state index in [4.69, 9.17) is 4.74 Å². The predicted molar refractivity (Wildman–Crippen MR) is 121 cm³/mol. The zero-order valence-corrected chi connectivity index (χ0v) is 17.7. The minimum Gasteiger partial charge on any atom is -0.494 e. The molecule has 152 valence electrons. The summed E-state index contributed by atoms with van der Waals surface area (Å²) in [6.45, 7) is 8.63. The Bertz CT molecular complexity index is 1140. The van der Waals surface area contributed by atoms with Crippen LogP contribution in [0.25, 0.3) is 11.8 Å². The van der Waals surface area contributed by atoms with E-state index in [0.29, 0.717) is 12.2 Å². The zero-order valence-electron chi connectivity index (χ0n) is 17.7. The Balaban J connectivity index is 1.67. The average molecular weight is 399 g/mol. The highest BCUT2D eigenvalue weighted by Crippen LogP contribution is 2.28. The van der Waals surface area contributed by atoms with Crippen LogP contribution in [-0.4, -0.2) is 22.8 Å². The molecule has 5 heteroatoms. The molecule has 1 aliphatic rings. The molecule has 0 saturated heterocycles. The molecular weight excluding hydrogens is 374 g/mol. The molecule has 1 amide bonds. The number of amides is 1. The fraction of sp³-hybridized carbons (Fsp3) is 0.200. The van der Waals surface area contributed by atoms with Crippen LogP contribution in [-0.2, 0) is 4.79 Å². The van der Waals surface area contributed by atoms with Gasteiger partial charge in [-0.05, 0) is 81.8 Å². The second-order valence-electron chi connectivity index (χ2n) is 7.28. The normalized spacial score (nSPS) is 15.1. The second-order valence-corrected chi connectivity index (χ2v) is 7.28. The van der Waals surface area contributed by atoms with E-state index in [0.717, 1.165) is 39.8 Å². The van der Waals surface area contributed by atoms with Crippen molar-refractivity contribution in [3.63, 3.8) is 0 Å². The van der Waals surface area contributed by atoms with E-state index in [2.05, 4.69) is 29.6 Å². The number of hydrogen-bond acceptors (Lipinski definition) is 3. The van der Waals surface area contributed by atoms with E-state index in [1.165, 1.54) is 5.01 Å². The summed E-state index contributed by atoms with van der Waals surface area (Å²) in [6.07, 6.45) is 1.94. The molecule has 0 radical (unpaired) electrons. The lowest BCUT2D eigenvalue weighted by Crippen LogP contribution is -2.21. The quantitative estimate of drug-likeness (QED) is 0.547. The number of ether oxygens (including phenoxy) is 1. The molecule has 1 aliphatic heterocycles. The van der Waals surface area contributed by atoms with Crippen molar-refractivity contribution in [2.45, 2.75) is 27.7 Å². The second kappa shape index (κ2) is 8.03. The molecule has 0 aliphatic carbocycles. The Morgan fingerprint density at radius 1 is 0.967 bits per heavy atom. The van der Waals surface area contributed by atoms with E-state index >= 15 is 0 Å². The van der Waals surface area contributed by atoms with Crippen LogP contribution in [0.3, 0.4) is 0 Å². The van der Waals surface area contributed by atoms with Crippen molar-refractivity contribution >= 4 is 23.4 Å². The first-order valence-electron chi connectivity index (χ1n) is 10.1. The van der Waals surface area contributed by atoms with Gasteiger partial charge in [0.05, 0.1) is 23.6 Å². The van der Waals surface area contributed by atoms with Gasteiger partial charge >= 0.3 is 0 Å². The molecule has 0 saturated carbocycles. The van der Waals surface area contributed by atoms with Gasteiger partial charge in [-0.15, -0.1) is 0 Å². The number of para-hydroxylation sites is 1. The molecule has 0 fully saturated rings. The SMILES string of the molecule is CCOc1ccc(-n2c(C)cc(/C=C3/C(=O)N(c4ccccc4)N=C3C)c2C)cc1. The number of aromatic nitrogens is 1. The third-order valence-corrected chi connectivity index (χ3v) is 5.24. The largest absolute Gasteiger partial charge is 0.494 e. The predicted octanol–water partition coefficient (Wildman–Crippen LogP) is 5.30. The minimum atomic E-state index is -0.107. The van der Waals surface area contributed by atoms with Gasteiger partial charge in [-0.1, -0.05) is 18.2 Å². The fourth-order valence-corrected chi connectivity index (χ4v) is 3.77. The Kier molecular flexibility index (Phi) is 5.27. The maximum Gasteiger partial charge on any atom is 0.280 e. The number of benzene rings is 2. The summed E-state index contributed by atoms with van der Waals surface area (Å²) >= 11 is 0. The van der Waals surface area contributed by atoms with Crippen LogP contribution in [0.15, 0.2) is 71.3 Å². The van der Waals surface area contributed by atoms with Crippen LogP contribution in [0.2, 0.25) is 0 Å². The smallest absolute Gasteiger partial charge is 0.280 e. The number of aryl methyl sites for hydroxylation is 1. The van der Waals surface area contributed by atoms with E-state index in [1.54, 1.807) is 0 Å². The Morgan fingerprint density at radius 2 is 1.67 bits per heavy atom. The summed E-state index contributed by atoms with van der Waals surface area (Å²) in [6, 6.07) is 19.6. The summed E-state index contributed by atoms with van der Waals surface area (Å²) in [4.78, 5) is 13.0. The van der Waals surface area contributed by atoms with E-state index in [-0.39, 0.29) is 5.91 Å². The number of rotatable bonds is 5. The molecule has 0 N–H and O–H groups in total. The van der Waals surface area contributed by atoms with Gasteiger partial charge < -0.3 is 9.30 Å². The lowest BCUT2D eigenvalue weighted by molar-refractivity contribution is -0.114. The van der Waals surface area contributed by atoms with Crippen LogP contribution in [0, 0.1) is 13.8 Å². The van der Waals surface area contributed by atoms with Gasteiger partial charge in [-0.2, -0.15) is 10.1 Å². The molecule has 0 atom stereocenters. The first-order valence-corrected chi connectivity index (χ1v) is 10.1. The van der Waals surface area contributed by atoms with Gasteiger partial charge in [0, 0.05) is 17.1 Å². The number of anilines is 1. The lowest BCUT2D eigenvalue weighted by atomic mass is 10.1. The van der Waals surface area contributed by atoms with E-state index in [9.17, 15) is 4.79 Å². The summed E-state index contributed by atoms with van der Waals surface area (Å²) in [7, 11) is 0. The van der Waals surface area contributed by atoms with E-state index < -0.39 is 0 Å². The fourth-order valence-electron chi connectivity index (χ4n) is 3.77. The first-order chi connectivity index (χ1) is 14.5. The zero-order chi connectivity index (χ0) is 21.3. The molecule has 0 spiro atoms. The maximum atomic E-state index is 13.0. The standard InChI is InChI=1S/C25H25N3O2/c1-5-30-23-13-11-21(12-14-23)27-17(2)15-20(19(27)4)16-24-18(3)26-28(25(24)29)22-9-7-6-8-10-22/h6-16H,5H2,1-4H3/b24-16+. The summed E-state index contributed by atoms with van der Waals surface area (Å²) in [5.74, 6) is 0.750. The highest BCUT2D eigenvalue weighted by atomic mass is 16.5. The van der Waals surface area contributed by atoms with Crippen molar-refractivity contribution in [3.05, 3.63) is 83.2 Å². The lowest BCUT2D eigenvalue weighted by Gasteiger charge is -2.11. The average Bonchev–Trinajstić information content (AvgIpc) is 3.19. The Labute approximate surface area is 176 Å². The highest BCUT2D eigenvalue weighted by molar-refractivity contribution is 6.32. The summed E-state index contributed by atoms with van der Waals surface area (Å²) in [5.41, 5.74) is 6.35. The van der Waals surface area contributed by atoms with Crippen LogP contribution in [0.5, 0.6) is 5.75 Å². The molecule has 30 heavy (non-hydrogen) atoms. The monoisotopic (exact) mass is 399 g/mol. The maximum absolute atomic E-state index is 13.0. The Hall–Kier alpha value is -3.60. The number of carbonyl (C=O) groups is 1. The molecule has 1 aromatic heterocycles. The first kappa shape index (κ1) is 19.7. The van der Waals surface area contributed by atoms with Crippen molar-refractivity contribution in [1.29, 1.82) is 0 Å². The number of hydrogen-bond donors (Lipinski definition) is 0. The van der Waals surface area contributed by atoms with Crippen molar-refractivity contribution in [2.75, 3.05) is 11.6 Å². The summed E-state index contributed by atoms with van der Waals surface area (Å²) < 4.78 is 7.73. The third-order valence-electron chi connectivity index (χ3n) is 5.24. The Morgan fingerprint density at radius 3 is 2.33 bits per heavy atom. The molecule has 5 nitrogen and oxygen atoms in total. The molecule has 2 aromatic carbocycles. The highest BCUT2D eigenvalue weighted by Gasteiger charge is 2.29.